The van der Waals surface area contributed by atoms with Crippen molar-refractivity contribution in [3.05, 3.63) is 78.4 Å². The molecule has 35 heavy (non-hydrogen) atoms. The molecule has 11 heteroatoms. The maximum absolute atomic E-state index is 12.1. The van der Waals surface area contributed by atoms with Gasteiger partial charge in [0.15, 0.2) is 0 Å². The van der Waals surface area contributed by atoms with E-state index in [2.05, 4.69) is 25.2 Å². The number of ether oxygens (including phenoxy) is 1. The van der Waals surface area contributed by atoms with Crippen LogP contribution in [0.2, 0.25) is 0 Å². The number of halogens is 3. The molecule has 2 aromatic heterocycles. The number of amides is 1. The standard InChI is InChI=1S/C16H18N4O2.C8H6F3NO/c1-20-6-4-12-8-14(2-3-15(12)20)22-16-9-13(18-11-19-16)10-17-5-7-21;9-8(10,11)6-2-1-3-7(4-6)12-5-13/h2-4,6,8-9,11,17,21H,5,7,10H2,1H3;1-5H,(H,12,13). The number of carbonyl (C=O) groups excluding carboxylic acids is 1. The summed E-state index contributed by atoms with van der Waals surface area (Å²) in [7, 11) is 2.01. The van der Waals surface area contributed by atoms with E-state index in [-0.39, 0.29) is 12.3 Å². The monoisotopic (exact) mass is 487 g/mol. The lowest BCUT2D eigenvalue weighted by atomic mass is 10.2. The van der Waals surface area contributed by atoms with Gasteiger partial charge in [-0.3, -0.25) is 4.79 Å². The second-order valence-electron chi connectivity index (χ2n) is 7.34. The van der Waals surface area contributed by atoms with Gasteiger partial charge in [-0.2, -0.15) is 13.2 Å². The van der Waals surface area contributed by atoms with Gasteiger partial charge in [0, 0.05) is 49.0 Å². The number of rotatable bonds is 8. The minimum absolute atomic E-state index is 0.103. The molecule has 1 amide bonds. The van der Waals surface area contributed by atoms with Gasteiger partial charge in [-0.25, -0.2) is 9.97 Å². The normalized spacial score (nSPS) is 11.0. The second-order valence-corrected chi connectivity index (χ2v) is 7.34. The molecule has 0 aliphatic heterocycles. The number of nitrogens with zero attached hydrogens (tertiary/aromatic N) is 3. The summed E-state index contributed by atoms with van der Waals surface area (Å²) in [5.41, 5.74) is 1.33. The molecule has 0 saturated heterocycles. The molecule has 0 bridgehead atoms. The molecule has 0 aliphatic rings. The fraction of sp³-hybridized carbons (Fsp3) is 0.208. The quantitative estimate of drug-likeness (QED) is 0.255. The van der Waals surface area contributed by atoms with E-state index in [9.17, 15) is 18.0 Å². The highest BCUT2D eigenvalue weighted by atomic mass is 19.4. The van der Waals surface area contributed by atoms with Crippen molar-refractivity contribution in [1.29, 1.82) is 0 Å². The van der Waals surface area contributed by atoms with Crippen molar-refractivity contribution in [2.24, 2.45) is 7.05 Å². The Kier molecular flexibility index (Phi) is 8.76. The van der Waals surface area contributed by atoms with Crippen molar-refractivity contribution in [1.82, 2.24) is 19.9 Å². The summed E-state index contributed by atoms with van der Waals surface area (Å²) in [6, 6.07) is 14.2. The van der Waals surface area contributed by atoms with Crippen molar-refractivity contribution in [2.45, 2.75) is 12.7 Å². The molecule has 0 spiro atoms. The topological polar surface area (TPSA) is 101 Å². The number of benzene rings is 2. The van der Waals surface area contributed by atoms with Gasteiger partial charge in [-0.15, -0.1) is 0 Å². The summed E-state index contributed by atoms with van der Waals surface area (Å²) in [5, 5.41) is 15.1. The van der Waals surface area contributed by atoms with Crippen molar-refractivity contribution in [3.63, 3.8) is 0 Å². The number of carbonyl (C=O) groups is 1. The summed E-state index contributed by atoms with van der Waals surface area (Å²) < 4.78 is 44.1. The number of aliphatic hydroxyl groups excluding tert-OH is 1. The Hall–Kier alpha value is -3.96. The van der Waals surface area contributed by atoms with Crippen LogP contribution in [-0.2, 0) is 24.6 Å². The number of hydrogen-bond acceptors (Lipinski definition) is 6. The average molecular weight is 487 g/mol. The molecule has 0 saturated carbocycles. The van der Waals surface area contributed by atoms with Crippen LogP contribution in [0.5, 0.6) is 11.6 Å². The van der Waals surface area contributed by atoms with E-state index < -0.39 is 11.7 Å². The number of fused-ring (bicyclic) bond motifs is 1. The summed E-state index contributed by atoms with van der Waals surface area (Å²) in [6.07, 6.45) is -0.549. The van der Waals surface area contributed by atoms with Gasteiger partial charge < -0.3 is 25.0 Å². The molecule has 8 nitrogen and oxygen atoms in total. The number of aliphatic hydroxyl groups is 1. The van der Waals surface area contributed by atoms with E-state index in [1.807, 2.05) is 37.5 Å². The first-order valence-electron chi connectivity index (χ1n) is 10.5. The van der Waals surface area contributed by atoms with E-state index in [4.69, 9.17) is 9.84 Å². The van der Waals surface area contributed by atoms with Crippen molar-refractivity contribution in [3.8, 4) is 11.6 Å². The Morgan fingerprint density at radius 1 is 1.11 bits per heavy atom. The zero-order chi connectivity index (χ0) is 25.3. The number of hydrogen-bond donors (Lipinski definition) is 3. The molecule has 4 rings (SSSR count). The van der Waals surface area contributed by atoms with Crippen molar-refractivity contribution in [2.75, 3.05) is 18.5 Å². The van der Waals surface area contributed by atoms with E-state index in [0.717, 1.165) is 34.5 Å². The lowest BCUT2D eigenvalue weighted by molar-refractivity contribution is -0.137. The van der Waals surface area contributed by atoms with E-state index in [0.29, 0.717) is 25.4 Å². The third-order valence-corrected chi connectivity index (χ3v) is 4.79. The van der Waals surface area contributed by atoms with Crippen LogP contribution >= 0.6 is 0 Å². The maximum Gasteiger partial charge on any atom is 0.416 e. The summed E-state index contributed by atoms with van der Waals surface area (Å²) in [5.74, 6) is 1.25. The van der Waals surface area contributed by atoms with Crippen LogP contribution in [-0.4, -0.2) is 39.2 Å². The zero-order valence-electron chi connectivity index (χ0n) is 18.8. The lowest BCUT2D eigenvalue weighted by Crippen LogP contribution is -2.18. The molecule has 0 aliphatic carbocycles. The zero-order valence-corrected chi connectivity index (χ0v) is 18.8. The molecule has 2 heterocycles. The summed E-state index contributed by atoms with van der Waals surface area (Å²) >= 11 is 0. The Bertz CT molecular complexity index is 1260. The van der Waals surface area contributed by atoms with Crippen LogP contribution in [0.15, 0.2) is 67.1 Å². The fourth-order valence-corrected chi connectivity index (χ4v) is 3.12. The predicted octanol–water partition coefficient (Wildman–Crippen LogP) is 4.12. The van der Waals surface area contributed by atoms with Gasteiger partial charge in [-0.1, -0.05) is 6.07 Å². The molecular weight excluding hydrogens is 463 g/mol. The van der Waals surface area contributed by atoms with Gasteiger partial charge in [0.1, 0.15) is 12.1 Å². The molecule has 0 unspecified atom stereocenters. The first-order chi connectivity index (χ1) is 16.8. The Labute approximate surface area is 199 Å². The third kappa shape index (κ3) is 7.52. The number of aromatic nitrogens is 3. The van der Waals surface area contributed by atoms with Gasteiger partial charge in [0.25, 0.3) is 0 Å². The molecule has 0 fully saturated rings. The van der Waals surface area contributed by atoms with E-state index in [1.165, 1.54) is 18.5 Å². The Morgan fingerprint density at radius 3 is 2.69 bits per heavy atom. The first kappa shape index (κ1) is 25.7. The van der Waals surface area contributed by atoms with Crippen molar-refractivity contribution >= 4 is 23.0 Å². The van der Waals surface area contributed by atoms with Crippen LogP contribution in [0.25, 0.3) is 10.9 Å². The van der Waals surface area contributed by atoms with Crippen LogP contribution in [0, 0.1) is 0 Å². The molecule has 4 aromatic rings. The Morgan fingerprint density at radius 2 is 1.94 bits per heavy atom. The molecular formula is C24H24F3N5O3. The second kappa shape index (κ2) is 12.0. The highest BCUT2D eigenvalue weighted by Crippen LogP contribution is 2.30. The van der Waals surface area contributed by atoms with Crippen LogP contribution in [0.1, 0.15) is 11.3 Å². The molecule has 3 N–H and O–H groups in total. The predicted molar refractivity (Wildman–Crippen MR) is 125 cm³/mol. The van der Waals surface area contributed by atoms with Gasteiger partial charge in [-0.05, 0) is 42.5 Å². The summed E-state index contributed by atoms with van der Waals surface area (Å²) in [6.45, 7) is 1.20. The van der Waals surface area contributed by atoms with Crippen LogP contribution in [0.3, 0.4) is 0 Å². The number of nitrogens with one attached hydrogen (secondary N) is 2. The number of aryl methyl sites for hydroxylation is 1. The lowest BCUT2D eigenvalue weighted by Gasteiger charge is -2.07. The van der Waals surface area contributed by atoms with Gasteiger partial charge >= 0.3 is 6.18 Å². The number of alkyl halides is 3. The third-order valence-electron chi connectivity index (χ3n) is 4.79. The first-order valence-corrected chi connectivity index (χ1v) is 10.5. The Balaban J connectivity index is 0.000000225. The average Bonchev–Trinajstić information content (AvgIpc) is 3.20. The van der Waals surface area contributed by atoms with E-state index >= 15 is 0 Å². The molecule has 184 valence electrons. The molecule has 0 radical (unpaired) electrons. The summed E-state index contributed by atoms with van der Waals surface area (Å²) in [4.78, 5) is 18.2. The number of anilines is 1. The minimum atomic E-state index is -4.37. The highest BCUT2D eigenvalue weighted by Gasteiger charge is 2.30. The van der Waals surface area contributed by atoms with Crippen LogP contribution < -0.4 is 15.4 Å². The minimum Gasteiger partial charge on any atom is -0.439 e. The SMILES string of the molecule is Cn1ccc2cc(Oc3cc(CNCCO)ncn3)ccc21.O=CNc1cccc(C(F)(F)F)c1. The highest BCUT2D eigenvalue weighted by molar-refractivity contribution is 5.81. The smallest absolute Gasteiger partial charge is 0.416 e. The molecule has 2 aromatic carbocycles. The largest absolute Gasteiger partial charge is 0.439 e. The molecule has 0 atom stereocenters. The maximum atomic E-state index is 12.1. The fourth-order valence-electron chi connectivity index (χ4n) is 3.12. The van der Waals surface area contributed by atoms with E-state index in [1.54, 1.807) is 6.07 Å². The van der Waals surface area contributed by atoms with Crippen LogP contribution in [0.4, 0.5) is 18.9 Å². The van der Waals surface area contributed by atoms with Gasteiger partial charge in [0.05, 0.1) is 17.9 Å². The van der Waals surface area contributed by atoms with Gasteiger partial charge in [0.2, 0.25) is 12.3 Å². The van der Waals surface area contributed by atoms with Crippen molar-refractivity contribution < 1.29 is 27.8 Å².